The fourth-order valence-corrected chi connectivity index (χ4v) is 8.78. The van der Waals surface area contributed by atoms with Crippen LogP contribution in [-0.2, 0) is 27.9 Å². The van der Waals surface area contributed by atoms with Crippen LogP contribution in [0.4, 0.5) is 0 Å². The maximum atomic E-state index is 13.5. The number of unbranched alkanes of at least 4 members (excludes halogenated alkanes) is 21. The second kappa shape index (κ2) is 54.8. The van der Waals surface area contributed by atoms with Gasteiger partial charge in [0.05, 0.1) is 33.8 Å². The van der Waals surface area contributed by atoms with E-state index < -0.39 is 26.6 Å². The monoisotopic (exact) mass is 1080 g/mol. The number of rotatable bonds is 53. The van der Waals surface area contributed by atoms with Crippen LogP contribution in [0.1, 0.15) is 233 Å². The summed E-state index contributed by atoms with van der Waals surface area (Å²) < 4.78 is 30.2. The summed E-state index contributed by atoms with van der Waals surface area (Å²) in [5, 5.41) is 3.01. The van der Waals surface area contributed by atoms with Gasteiger partial charge in [-0.25, -0.2) is 0 Å². The molecule has 0 aromatic carbocycles. The van der Waals surface area contributed by atoms with Crippen molar-refractivity contribution in [1.29, 1.82) is 0 Å². The van der Waals surface area contributed by atoms with E-state index in [1.165, 1.54) is 51.4 Å². The number of quaternary nitrogens is 1. The van der Waals surface area contributed by atoms with E-state index >= 15 is 0 Å². The van der Waals surface area contributed by atoms with Gasteiger partial charge in [0.2, 0.25) is 5.91 Å². The highest BCUT2D eigenvalue weighted by Gasteiger charge is 2.27. The molecule has 10 heteroatoms. The molecule has 0 radical (unpaired) electrons. The molecule has 0 aliphatic rings. The summed E-state index contributed by atoms with van der Waals surface area (Å²) >= 11 is 0. The van der Waals surface area contributed by atoms with Crippen LogP contribution < -0.4 is 10.2 Å². The number of amides is 1. The fourth-order valence-electron chi connectivity index (χ4n) is 8.05. The first kappa shape index (κ1) is 72.4. The quantitative estimate of drug-likeness (QED) is 0.0161. The average molecular weight is 1080 g/mol. The summed E-state index contributed by atoms with van der Waals surface area (Å²) in [7, 11) is 1.14. The van der Waals surface area contributed by atoms with Crippen LogP contribution in [0.5, 0.6) is 0 Å². The highest BCUT2D eigenvalue weighted by molar-refractivity contribution is 7.45. The standard InChI is InChI=1S/C66H113N2O7P/c1-7-10-13-16-19-22-25-28-29-30-31-32-33-34-35-36-37-38-39-41-43-46-49-52-55-58-65(69)67-63(62-74-76(71,72)73-61-60-68(4,5)6)64(57-54-51-48-45-42-27-24-21-18-15-12-9-3)75-66(70)59-56-53-50-47-44-40-26-23-20-17-14-11-8-2/h10-11,13-14,17,19-20,22-23,26,28-29,31-32,34-35,37-38,54,57,63-64H,7-9,12,15-16,18,21,24-25,27,30,33,36,39-53,55-56,58-62H2,1-6H3,(H-,67,69,71,72)/b13-10-,14-11+,20-17+,22-19-,26-23-,29-28-,32-31-,35-34-,38-37-,57-54-. The molecule has 76 heavy (non-hydrogen) atoms. The van der Waals surface area contributed by atoms with Gasteiger partial charge in [-0.15, -0.1) is 0 Å². The number of esters is 1. The Balaban J connectivity index is 5.24. The second-order valence-corrected chi connectivity index (χ2v) is 22.6. The number of likely N-dealkylation sites (N-methyl/N-ethyl adjacent to an activating group) is 1. The van der Waals surface area contributed by atoms with Crippen molar-refractivity contribution in [3.63, 3.8) is 0 Å². The zero-order chi connectivity index (χ0) is 55.7. The summed E-state index contributed by atoms with van der Waals surface area (Å²) in [6, 6.07) is -0.913. The fraction of sp³-hybridized carbons (Fsp3) is 0.667. The first-order chi connectivity index (χ1) is 36.9. The smallest absolute Gasteiger partial charge is 0.306 e. The number of phosphoric acid groups is 1. The van der Waals surface area contributed by atoms with Crippen molar-refractivity contribution in [3.05, 3.63) is 122 Å². The lowest BCUT2D eigenvalue weighted by Crippen LogP contribution is -2.47. The van der Waals surface area contributed by atoms with Crippen molar-refractivity contribution in [2.45, 2.75) is 245 Å². The van der Waals surface area contributed by atoms with Gasteiger partial charge in [0.1, 0.15) is 19.3 Å². The highest BCUT2D eigenvalue weighted by Crippen LogP contribution is 2.38. The molecule has 434 valence electrons. The van der Waals surface area contributed by atoms with Crippen molar-refractivity contribution >= 4 is 19.7 Å². The van der Waals surface area contributed by atoms with Crippen LogP contribution in [0, 0.1) is 0 Å². The minimum Gasteiger partial charge on any atom is -0.756 e. The normalized spacial score (nSPS) is 14.6. The maximum absolute atomic E-state index is 13.5. The van der Waals surface area contributed by atoms with Crippen molar-refractivity contribution < 1.29 is 37.3 Å². The number of carbonyl (C=O) groups excluding carboxylic acids is 2. The van der Waals surface area contributed by atoms with Gasteiger partial charge in [0, 0.05) is 12.8 Å². The van der Waals surface area contributed by atoms with Crippen molar-refractivity contribution in [1.82, 2.24) is 5.32 Å². The molecule has 1 amide bonds. The molecule has 3 atom stereocenters. The second-order valence-electron chi connectivity index (χ2n) is 21.1. The van der Waals surface area contributed by atoms with E-state index in [9.17, 15) is 19.0 Å². The van der Waals surface area contributed by atoms with E-state index in [0.717, 1.165) is 135 Å². The molecule has 0 aliphatic carbocycles. The molecule has 9 nitrogen and oxygen atoms in total. The third-order valence-corrected chi connectivity index (χ3v) is 13.7. The number of allylic oxidation sites excluding steroid dienone is 19. The lowest BCUT2D eigenvalue weighted by atomic mass is 10.0. The molecule has 0 bridgehead atoms. The van der Waals surface area contributed by atoms with Crippen LogP contribution in [0.2, 0.25) is 0 Å². The molecule has 0 spiro atoms. The molecular weight excluding hydrogens is 964 g/mol. The molecule has 0 heterocycles. The number of nitrogens with zero attached hydrogens (tertiary/aromatic N) is 1. The molecule has 0 saturated heterocycles. The van der Waals surface area contributed by atoms with Gasteiger partial charge in [-0.1, -0.05) is 239 Å². The van der Waals surface area contributed by atoms with E-state index in [1.54, 1.807) is 0 Å². The summed E-state index contributed by atoms with van der Waals surface area (Å²) in [6.45, 7) is 6.55. The molecule has 3 unspecified atom stereocenters. The molecule has 0 aliphatic heterocycles. The molecule has 1 N–H and O–H groups in total. The predicted octanol–water partition coefficient (Wildman–Crippen LogP) is 18.1. The minimum absolute atomic E-state index is 0.0357. The summed E-state index contributed by atoms with van der Waals surface area (Å²) in [5.74, 6) is -0.591. The van der Waals surface area contributed by atoms with E-state index in [1.807, 2.05) is 39.4 Å². The van der Waals surface area contributed by atoms with Crippen LogP contribution in [0.15, 0.2) is 122 Å². The summed E-state index contributed by atoms with van der Waals surface area (Å²) in [4.78, 5) is 39.9. The lowest BCUT2D eigenvalue weighted by molar-refractivity contribution is -0.870. The van der Waals surface area contributed by atoms with Crippen LogP contribution in [-0.4, -0.2) is 69.4 Å². The third-order valence-electron chi connectivity index (χ3n) is 12.7. The molecule has 0 aromatic rings. The third kappa shape index (κ3) is 55.2. The van der Waals surface area contributed by atoms with E-state index in [0.29, 0.717) is 23.9 Å². The molecular formula is C66H113N2O7P. The lowest BCUT2D eigenvalue weighted by Gasteiger charge is -2.30. The van der Waals surface area contributed by atoms with Crippen molar-refractivity contribution in [2.24, 2.45) is 0 Å². The van der Waals surface area contributed by atoms with Gasteiger partial charge in [-0.05, 0) is 102 Å². The van der Waals surface area contributed by atoms with Crippen molar-refractivity contribution in [3.8, 4) is 0 Å². The Kier molecular flexibility index (Phi) is 52.2. The first-order valence-corrected chi connectivity index (χ1v) is 31.8. The zero-order valence-electron chi connectivity index (χ0n) is 49.4. The van der Waals surface area contributed by atoms with E-state index in [-0.39, 0.29) is 31.3 Å². The Morgan fingerprint density at radius 2 is 0.908 bits per heavy atom. The Labute approximate surface area is 467 Å². The van der Waals surface area contributed by atoms with Gasteiger partial charge >= 0.3 is 5.97 Å². The number of ether oxygens (including phenoxy) is 1. The first-order valence-electron chi connectivity index (χ1n) is 30.4. The number of hydrogen-bond donors (Lipinski definition) is 1. The molecule has 0 rings (SSSR count). The largest absolute Gasteiger partial charge is 0.756 e. The van der Waals surface area contributed by atoms with Crippen molar-refractivity contribution in [2.75, 3.05) is 40.9 Å². The average Bonchev–Trinajstić information content (AvgIpc) is 3.38. The Hall–Kier alpha value is -3.59. The minimum atomic E-state index is -4.71. The Bertz CT molecular complexity index is 1720. The summed E-state index contributed by atoms with van der Waals surface area (Å²) in [6.07, 6.45) is 76.0. The van der Waals surface area contributed by atoms with Gasteiger partial charge in [0.25, 0.3) is 7.82 Å². The van der Waals surface area contributed by atoms with Gasteiger partial charge in [-0.3, -0.25) is 14.2 Å². The van der Waals surface area contributed by atoms with Gasteiger partial charge in [-0.2, -0.15) is 0 Å². The zero-order valence-corrected chi connectivity index (χ0v) is 50.3. The summed E-state index contributed by atoms with van der Waals surface area (Å²) in [5.41, 5.74) is 0. The number of phosphoric ester groups is 1. The predicted molar refractivity (Wildman–Crippen MR) is 325 cm³/mol. The van der Waals surface area contributed by atoms with E-state index in [4.69, 9.17) is 13.8 Å². The SMILES string of the molecule is CC/C=C\C/C=C\C/C=C\C/C=C\C/C=C\C/C=C\CCCCCCCCC(=O)NC(COP(=O)([O-])OCC[N+](C)(C)C)C(/C=C\CCCCCCCCCCCC)OC(=O)CCCCCCC\C=C/C=C/C=C/CC. The van der Waals surface area contributed by atoms with E-state index in [2.05, 4.69) is 129 Å². The maximum Gasteiger partial charge on any atom is 0.306 e. The molecule has 0 aromatic heterocycles. The topological polar surface area (TPSA) is 114 Å². The molecule has 0 saturated carbocycles. The number of nitrogens with one attached hydrogen (secondary N) is 1. The number of carbonyl (C=O) groups is 2. The highest BCUT2D eigenvalue weighted by atomic mass is 31.2. The number of hydrogen-bond acceptors (Lipinski definition) is 7. The van der Waals surface area contributed by atoms with Crippen LogP contribution in [0.3, 0.4) is 0 Å². The van der Waals surface area contributed by atoms with Gasteiger partial charge in [0.15, 0.2) is 0 Å². The van der Waals surface area contributed by atoms with Crippen LogP contribution in [0.25, 0.3) is 0 Å². The Morgan fingerprint density at radius 1 is 0.487 bits per heavy atom. The molecule has 0 fully saturated rings. The van der Waals surface area contributed by atoms with Gasteiger partial charge < -0.3 is 28.5 Å². The van der Waals surface area contributed by atoms with Crippen LogP contribution >= 0.6 is 7.82 Å². The Morgan fingerprint density at radius 3 is 1.41 bits per heavy atom.